The number of benzene rings is 2. The number of rotatable bonds is 6. The number of alkyl halides is 6. The van der Waals surface area contributed by atoms with Crippen molar-refractivity contribution in [3.05, 3.63) is 59.2 Å². The molecule has 0 aliphatic carbocycles. The van der Waals surface area contributed by atoms with E-state index in [1.807, 2.05) is 0 Å². The Labute approximate surface area is 199 Å². The van der Waals surface area contributed by atoms with Crippen LogP contribution in [0.4, 0.5) is 36.8 Å². The van der Waals surface area contributed by atoms with Crippen molar-refractivity contribution in [3.8, 4) is 5.75 Å². The molecule has 1 aliphatic rings. The van der Waals surface area contributed by atoms with Gasteiger partial charge in [0.05, 0.1) is 16.8 Å². The van der Waals surface area contributed by atoms with E-state index in [0.29, 0.717) is 23.5 Å². The zero-order valence-corrected chi connectivity index (χ0v) is 18.4. The number of amides is 2. The van der Waals surface area contributed by atoms with E-state index < -0.39 is 71.6 Å². The van der Waals surface area contributed by atoms with Gasteiger partial charge >= 0.3 is 24.4 Å². The SMILES string of the molecule is C[C@@]1(C(F)(F)F)Oc2cc(C(F)(F)F)c(C(=O)O)cc2N(CCNC(=O)OCc2ccccc2)C1=O. The largest absolute Gasteiger partial charge is 0.478 e. The summed E-state index contributed by atoms with van der Waals surface area (Å²) in [5, 5.41) is 11.4. The molecule has 2 amide bonds. The molecule has 1 heterocycles. The number of fused-ring (bicyclic) bond motifs is 1. The summed E-state index contributed by atoms with van der Waals surface area (Å²) in [7, 11) is 0. The van der Waals surface area contributed by atoms with Gasteiger partial charge in [-0.05, 0) is 24.6 Å². The summed E-state index contributed by atoms with van der Waals surface area (Å²) < 4.78 is 90.9. The minimum Gasteiger partial charge on any atom is -0.478 e. The van der Waals surface area contributed by atoms with Crippen molar-refractivity contribution in [3.63, 3.8) is 0 Å². The fraction of sp³-hybridized carbons (Fsp3) is 0.318. The molecule has 2 aromatic carbocycles. The lowest BCUT2D eigenvalue weighted by Gasteiger charge is -2.41. The predicted octanol–water partition coefficient (Wildman–Crippen LogP) is 4.38. The highest BCUT2D eigenvalue weighted by Crippen LogP contribution is 2.47. The molecule has 0 aromatic heterocycles. The Morgan fingerprint density at radius 1 is 1.11 bits per heavy atom. The highest BCUT2D eigenvalue weighted by Gasteiger charge is 2.63. The number of nitrogens with zero attached hydrogens (tertiary/aromatic N) is 1. The molecule has 2 aromatic rings. The second-order valence-electron chi connectivity index (χ2n) is 7.75. The first-order chi connectivity index (χ1) is 16.6. The topological polar surface area (TPSA) is 105 Å². The number of hydrogen-bond donors (Lipinski definition) is 2. The number of halogens is 6. The lowest BCUT2D eigenvalue weighted by molar-refractivity contribution is -0.236. The lowest BCUT2D eigenvalue weighted by atomic mass is 9.97. The molecule has 1 aliphatic heterocycles. The minimum absolute atomic E-state index is 0.101. The van der Waals surface area contributed by atoms with Gasteiger partial charge in [-0.25, -0.2) is 9.59 Å². The third-order valence-corrected chi connectivity index (χ3v) is 5.25. The van der Waals surface area contributed by atoms with E-state index in [1.54, 1.807) is 30.3 Å². The molecule has 0 bridgehead atoms. The highest BCUT2D eigenvalue weighted by molar-refractivity contribution is 6.04. The van der Waals surface area contributed by atoms with Gasteiger partial charge in [-0.1, -0.05) is 30.3 Å². The Bertz CT molecular complexity index is 1170. The quantitative estimate of drug-likeness (QED) is 0.548. The van der Waals surface area contributed by atoms with Gasteiger partial charge in [0.2, 0.25) is 0 Å². The Hall–Kier alpha value is -3.97. The molecule has 36 heavy (non-hydrogen) atoms. The van der Waals surface area contributed by atoms with E-state index in [9.17, 15) is 45.8 Å². The predicted molar refractivity (Wildman–Crippen MR) is 110 cm³/mol. The molecule has 0 radical (unpaired) electrons. The monoisotopic (exact) mass is 520 g/mol. The number of carboxylic acid groups (broad SMARTS) is 1. The molecule has 0 saturated heterocycles. The van der Waals surface area contributed by atoms with Gasteiger partial charge < -0.3 is 24.8 Å². The van der Waals surface area contributed by atoms with E-state index >= 15 is 0 Å². The number of aromatic carboxylic acids is 1. The van der Waals surface area contributed by atoms with Crippen LogP contribution in [0, 0.1) is 0 Å². The van der Waals surface area contributed by atoms with Crippen LogP contribution in [0.25, 0.3) is 0 Å². The Kier molecular flexibility index (Phi) is 7.09. The molecule has 0 saturated carbocycles. The van der Waals surface area contributed by atoms with Crippen molar-refractivity contribution < 1.29 is 55.3 Å². The number of carboxylic acids is 1. The van der Waals surface area contributed by atoms with Crippen LogP contribution in [0.1, 0.15) is 28.4 Å². The zero-order chi connectivity index (χ0) is 26.9. The maximum atomic E-state index is 13.7. The molecule has 3 rings (SSSR count). The summed E-state index contributed by atoms with van der Waals surface area (Å²) in [6.45, 7) is -0.923. The summed E-state index contributed by atoms with van der Waals surface area (Å²) in [6, 6.07) is 8.99. The summed E-state index contributed by atoms with van der Waals surface area (Å²) >= 11 is 0. The number of anilines is 1. The first kappa shape index (κ1) is 26.6. The van der Waals surface area contributed by atoms with Gasteiger partial charge in [-0.2, -0.15) is 26.3 Å². The summed E-state index contributed by atoms with van der Waals surface area (Å²) in [4.78, 5) is 36.5. The van der Waals surface area contributed by atoms with Crippen LogP contribution in [-0.4, -0.2) is 47.9 Å². The first-order valence-corrected chi connectivity index (χ1v) is 10.2. The van der Waals surface area contributed by atoms with Crippen LogP contribution in [-0.2, 0) is 22.3 Å². The number of hydrogen-bond acceptors (Lipinski definition) is 5. The van der Waals surface area contributed by atoms with Gasteiger partial charge in [-0.15, -0.1) is 0 Å². The molecule has 0 fully saturated rings. The number of nitrogens with one attached hydrogen (secondary N) is 1. The molecule has 194 valence electrons. The van der Waals surface area contributed by atoms with E-state index in [2.05, 4.69) is 5.32 Å². The Morgan fingerprint density at radius 3 is 2.31 bits per heavy atom. The Morgan fingerprint density at radius 2 is 1.75 bits per heavy atom. The van der Waals surface area contributed by atoms with Crippen molar-refractivity contribution in [2.75, 3.05) is 18.0 Å². The van der Waals surface area contributed by atoms with Crippen LogP contribution >= 0.6 is 0 Å². The molecular weight excluding hydrogens is 502 g/mol. The third-order valence-electron chi connectivity index (χ3n) is 5.25. The zero-order valence-electron chi connectivity index (χ0n) is 18.4. The smallest absolute Gasteiger partial charge is 0.437 e. The Balaban J connectivity index is 1.88. The van der Waals surface area contributed by atoms with Crippen LogP contribution < -0.4 is 15.0 Å². The average molecular weight is 520 g/mol. The van der Waals surface area contributed by atoms with Crippen molar-refractivity contribution in [2.45, 2.75) is 31.5 Å². The van der Waals surface area contributed by atoms with Crippen LogP contribution in [0.3, 0.4) is 0 Å². The summed E-state index contributed by atoms with van der Waals surface area (Å²) in [6.07, 6.45) is -11.6. The second-order valence-corrected chi connectivity index (χ2v) is 7.75. The molecule has 0 unspecified atom stereocenters. The van der Waals surface area contributed by atoms with Crippen LogP contribution in [0.2, 0.25) is 0 Å². The van der Waals surface area contributed by atoms with Crippen molar-refractivity contribution >= 4 is 23.7 Å². The van der Waals surface area contributed by atoms with Gasteiger partial charge in [0, 0.05) is 13.1 Å². The molecule has 2 N–H and O–H groups in total. The molecule has 1 atom stereocenters. The van der Waals surface area contributed by atoms with Crippen molar-refractivity contribution in [1.29, 1.82) is 0 Å². The number of alkyl carbamates (subject to hydrolysis) is 1. The molecule has 8 nitrogen and oxygen atoms in total. The van der Waals surface area contributed by atoms with Gasteiger partial charge in [0.25, 0.3) is 11.5 Å². The summed E-state index contributed by atoms with van der Waals surface area (Å²) in [5.41, 5.74) is -6.61. The molecule has 14 heteroatoms. The fourth-order valence-corrected chi connectivity index (χ4v) is 3.35. The van der Waals surface area contributed by atoms with Crippen molar-refractivity contribution in [2.24, 2.45) is 0 Å². The maximum absolute atomic E-state index is 13.7. The molecular formula is C22H18F6N2O6. The van der Waals surface area contributed by atoms with E-state index in [1.165, 1.54) is 0 Å². The third kappa shape index (κ3) is 5.31. The van der Waals surface area contributed by atoms with Crippen LogP contribution in [0.15, 0.2) is 42.5 Å². The highest BCUT2D eigenvalue weighted by atomic mass is 19.4. The summed E-state index contributed by atoms with van der Waals surface area (Å²) in [5.74, 6) is -4.74. The van der Waals surface area contributed by atoms with E-state index in [4.69, 9.17) is 9.47 Å². The van der Waals surface area contributed by atoms with Gasteiger partial charge in [0.15, 0.2) is 0 Å². The maximum Gasteiger partial charge on any atom is 0.437 e. The lowest BCUT2D eigenvalue weighted by Crippen LogP contribution is -2.63. The van der Waals surface area contributed by atoms with Gasteiger partial charge in [0.1, 0.15) is 12.4 Å². The number of ether oxygens (including phenoxy) is 2. The van der Waals surface area contributed by atoms with Gasteiger partial charge in [-0.3, -0.25) is 4.79 Å². The second kappa shape index (κ2) is 9.59. The van der Waals surface area contributed by atoms with Crippen molar-refractivity contribution in [1.82, 2.24) is 5.32 Å². The average Bonchev–Trinajstić information content (AvgIpc) is 2.78. The first-order valence-electron chi connectivity index (χ1n) is 10.2. The number of carbonyl (C=O) groups excluding carboxylic acids is 2. The van der Waals surface area contributed by atoms with E-state index in [-0.39, 0.29) is 12.7 Å². The van der Waals surface area contributed by atoms with E-state index in [0.717, 1.165) is 0 Å². The fourth-order valence-electron chi connectivity index (χ4n) is 3.35. The minimum atomic E-state index is -5.34. The normalized spacial score (nSPS) is 17.8. The number of carbonyl (C=O) groups is 3. The van der Waals surface area contributed by atoms with Crippen LogP contribution in [0.5, 0.6) is 5.75 Å². The standard InChI is InChI=1S/C22H18F6N2O6/c1-20(22(26,27)28)18(33)30(8-7-29-19(34)35-11-12-5-3-2-4-6-12)15-9-13(17(31)32)14(21(23,24)25)10-16(15)36-20/h2-6,9-10H,7-8,11H2,1H3,(H,29,34)(H,31,32)/t20-/m1/s1. The molecule has 0 spiro atoms.